The van der Waals surface area contributed by atoms with Crippen molar-refractivity contribution in [3.63, 3.8) is 0 Å². The van der Waals surface area contributed by atoms with Crippen LogP contribution in [0.1, 0.15) is 19.5 Å². The van der Waals surface area contributed by atoms with E-state index in [9.17, 15) is 0 Å². The summed E-state index contributed by atoms with van der Waals surface area (Å²) in [6.45, 7) is 6.14. The third kappa shape index (κ3) is 3.45. The maximum atomic E-state index is 4.87. The number of H-pyrrole nitrogens is 2. The van der Waals surface area contributed by atoms with Gasteiger partial charge in [0.15, 0.2) is 5.82 Å². The molecule has 6 aromatic rings. The Hall–Kier alpha value is -4.60. The summed E-state index contributed by atoms with van der Waals surface area (Å²) in [6.07, 6.45) is 12.7. The van der Waals surface area contributed by atoms with Crippen LogP contribution in [-0.2, 0) is 0 Å². The molecule has 3 N–H and O–H groups in total. The molecule has 0 aliphatic rings. The molecule has 0 atom stereocenters. The Labute approximate surface area is 194 Å². The second-order valence-electron chi connectivity index (χ2n) is 8.51. The van der Waals surface area contributed by atoms with Gasteiger partial charge in [0.2, 0.25) is 0 Å². The third-order valence-corrected chi connectivity index (χ3v) is 5.53. The lowest BCUT2D eigenvalue weighted by Gasteiger charge is -2.10. The van der Waals surface area contributed by atoms with Gasteiger partial charge >= 0.3 is 0 Å². The number of imidazole rings is 2. The van der Waals surface area contributed by atoms with E-state index in [1.807, 2.05) is 42.2 Å². The monoisotopic (exact) mass is 450 g/mol. The van der Waals surface area contributed by atoms with Crippen molar-refractivity contribution in [2.45, 2.75) is 26.8 Å². The second-order valence-corrected chi connectivity index (χ2v) is 8.51. The van der Waals surface area contributed by atoms with Crippen LogP contribution >= 0.6 is 0 Å². The zero-order chi connectivity index (χ0) is 23.2. The molecule has 0 saturated carbocycles. The number of aromatic nitrogens is 9. The number of pyridine rings is 3. The molecule has 0 spiro atoms. The van der Waals surface area contributed by atoms with Crippen LogP contribution in [0.2, 0.25) is 0 Å². The average Bonchev–Trinajstić information content (AvgIpc) is 3.55. The Morgan fingerprint density at radius 1 is 0.971 bits per heavy atom. The Morgan fingerprint density at radius 2 is 1.85 bits per heavy atom. The van der Waals surface area contributed by atoms with Crippen LogP contribution in [0.15, 0.2) is 55.6 Å². The Balaban J connectivity index is 1.45. The zero-order valence-corrected chi connectivity index (χ0v) is 18.9. The number of aryl methyl sites for hydroxylation is 1. The quantitative estimate of drug-likeness (QED) is 0.358. The fraction of sp³-hybridized carbons (Fsp3) is 0.167. The summed E-state index contributed by atoms with van der Waals surface area (Å²) in [6, 6.07) is 4.37. The summed E-state index contributed by atoms with van der Waals surface area (Å²) >= 11 is 0. The first-order chi connectivity index (χ1) is 16.5. The summed E-state index contributed by atoms with van der Waals surface area (Å²) in [5, 5.41) is 11.9. The lowest BCUT2D eigenvalue weighted by molar-refractivity contribution is 0.898. The zero-order valence-electron chi connectivity index (χ0n) is 18.9. The molecule has 0 fully saturated rings. The minimum Gasteiger partial charge on any atom is -0.382 e. The number of anilines is 1. The number of aromatic amines is 2. The second kappa shape index (κ2) is 7.77. The summed E-state index contributed by atoms with van der Waals surface area (Å²) in [5.41, 5.74) is 7.61. The highest BCUT2D eigenvalue weighted by molar-refractivity contribution is 5.95. The van der Waals surface area contributed by atoms with Gasteiger partial charge in [-0.05, 0) is 32.9 Å². The topological polar surface area (TPSA) is 126 Å². The highest BCUT2D eigenvalue weighted by Gasteiger charge is 2.17. The van der Waals surface area contributed by atoms with Gasteiger partial charge in [0.05, 0.1) is 58.7 Å². The number of rotatable bonds is 5. The van der Waals surface area contributed by atoms with Gasteiger partial charge in [-0.25, -0.2) is 9.97 Å². The van der Waals surface area contributed by atoms with E-state index < -0.39 is 0 Å². The summed E-state index contributed by atoms with van der Waals surface area (Å²) < 4.78 is 1.92. The SMILES string of the molecule is Cc1cn(-c2cncc3[nH]c(-c4n[nH]c5cnc(-c6cncc(NC(C)C)c6)cc45)nc23)cn1. The number of fused-ring (bicyclic) bond motifs is 2. The van der Waals surface area contributed by atoms with Gasteiger partial charge in [0.1, 0.15) is 11.2 Å². The molecule has 6 aromatic heterocycles. The fourth-order valence-corrected chi connectivity index (χ4v) is 4.02. The van der Waals surface area contributed by atoms with E-state index in [2.05, 4.69) is 54.3 Å². The van der Waals surface area contributed by atoms with E-state index in [0.717, 1.165) is 50.3 Å². The van der Waals surface area contributed by atoms with Crippen LogP contribution in [0.25, 0.3) is 50.4 Å². The maximum Gasteiger partial charge on any atom is 0.159 e. The molecule has 0 bridgehead atoms. The number of hydrogen-bond donors (Lipinski definition) is 3. The molecule has 0 aliphatic heterocycles. The molecule has 0 amide bonds. The van der Waals surface area contributed by atoms with E-state index >= 15 is 0 Å². The molecule has 0 aliphatic carbocycles. The van der Waals surface area contributed by atoms with Gasteiger partial charge in [0, 0.05) is 35.6 Å². The van der Waals surface area contributed by atoms with Gasteiger partial charge in [-0.3, -0.25) is 20.1 Å². The first-order valence-corrected chi connectivity index (χ1v) is 11.0. The van der Waals surface area contributed by atoms with E-state index in [4.69, 9.17) is 4.98 Å². The Kier molecular flexibility index (Phi) is 4.58. The van der Waals surface area contributed by atoms with Crippen LogP contribution in [0.3, 0.4) is 0 Å². The summed E-state index contributed by atoms with van der Waals surface area (Å²) in [5.74, 6) is 0.651. The standard InChI is InChI=1S/C24H22N10/c1-13(2)29-16-4-15(6-25-7-16)18-5-17-19(9-27-18)32-33-22(17)24-30-20-8-26-10-21(23(20)31-24)34-11-14(3)28-12-34/h4-13,29H,1-3H3,(H,30,31)(H,32,33). The molecule has 0 saturated heterocycles. The van der Waals surface area contributed by atoms with Gasteiger partial charge in [0.25, 0.3) is 0 Å². The van der Waals surface area contributed by atoms with Crippen LogP contribution in [0, 0.1) is 6.92 Å². The molecule has 10 heteroatoms. The van der Waals surface area contributed by atoms with E-state index in [1.54, 1.807) is 24.9 Å². The normalized spacial score (nSPS) is 11.6. The van der Waals surface area contributed by atoms with Crippen LogP contribution in [0.5, 0.6) is 0 Å². The largest absolute Gasteiger partial charge is 0.382 e. The molecule has 0 aromatic carbocycles. The number of hydrogen-bond acceptors (Lipinski definition) is 7. The minimum absolute atomic E-state index is 0.312. The van der Waals surface area contributed by atoms with E-state index in [0.29, 0.717) is 17.6 Å². The maximum absolute atomic E-state index is 4.87. The first kappa shape index (κ1) is 20.0. The number of nitrogens with one attached hydrogen (secondary N) is 3. The van der Waals surface area contributed by atoms with E-state index in [1.165, 1.54) is 0 Å². The van der Waals surface area contributed by atoms with Crippen molar-refractivity contribution in [3.05, 3.63) is 61.3 Å². The van der Waals surface area contributed by atoms with Crippen molar-refractivity contribution < 1.29 is 0 Å². The van der Waals surface area contributed by atoms with Gasteiger partial charge in [-0.2, -0.15) is 5.10 Å². The van der Waals surface area contributed by atoms with Gasteiger partial charge in [-0.15, -0.1) is 0 Å². The molecule has 6 rings (SSSR count). The molecule has 0 radical (unpaired) electrons. The molecule has 168 valence electrons. The van der Waals surface area contributed by atoms with Crippen molar-refractivity contribution >= 4 is 27.6 Å². The van der Waals surface area contributed by atoms with Crippen molar-refractivity contribution in [3.8, 4) is 28.5 Å². The van der Waals surface area contributed by atoms with Crippen molar-refractivity contribution in [1.29, 1.82) is 0 Å². The average molecular weight is 451 g/mol. The van der Waals surface area contributed by atoms with Gasteiger partial charge < -0.3 is 14.9 Å². The minimum atomic E-state index is 0.312. The van der Waals surface area contributed by atoms with E-state index in [-0.39, 0.29) is 0 Å². The molecule has 0 unspecified atom stereocenters. The molecule has 34 heavy (non-hydrogen) atoms. The third-order valence-electron chi connectivity index (χ3n) is 5.53. The van der Waals surface area contributed by atoms with Gasteiger partial charge in [-0.1, -0.05) is 0 Å². The predicted octanol–water partition coefficient (Wildman–Crippen LogP) is 4.27. The molecule has 6 heterocycles. The summed E-state index contributed by atoms with van der Waals surface area (Å²) in [4.78, 5) is 25.9. The highest BCUT2D eigenvalue weighted by atomic mass is 15.1. The molecular weight excluding hydrogens is 428 g/mol. The fourth-order valence-electron chi connectivity index (χ4n) is 4.02. The van der Waals surface area contributed by atoms with Crippen LogP contribution in [0.4, 0.5) is 5.69 Å². The lowest BCUT2D eigenvalue weighted by Crippen LogP contribution is -2.09. The molecule has 10 nitrogen and oxygen atoms in total. The number of nitrogens with zero attached hydrogens (tertiary/aromatic N) is 7. The lowest BCUT2D eigenvalue weighted by atomic mass is 10.1. The van der Waals surface area contributed by atoms with Crippen molar-refractivity contribution in [2.24, 2.45) is 0 Å². The van der Waals surface area contributed by atoms with Crippen molar-refractivity contribution in [2.75, 3.05) is 5.32 Å². The molecular formula is C24H22N10. The summed E-state index contributed by atoms with van der Waals surface area (Å²) in [7, 11) is 0. The predicted molar refractivity (Wildman–Crippen MR) is 131 cm³/mol. The Morgan fingerprint density at radius 3 is 2.68 bits per heavy atom. The van der Waals surface area contributed by atoms with Crippen LogP contribution < -0.4 is 5.32 Å². The smallest absolute Gasteiger partial charge is 0.159 e. The Bertz CT molecular complexity index is 1640. The first-order valence-electron chi connectivity index (χ1n) is 11.0. The van der Waals surface area contributed by atoms with Crippen LogP contribution in [-0.4, -0.2) is 50.7 Å². The van der Waals surface area contributed by atoms with Crippen molar-refractivity contribution in [1.82, 2.24) is 44.7 Å². The highest BCUT2D eigenvalue weighted by Crippen LogP contribution is 2.30.